The number of ether oxygens (including phenoxy) is 2. The van der Waals surface area contributed by atoms with Gasteiger partial charge < -0.3 is 40.3 Å². The van der Waals surface area contributed by atoms with Gasteiger partial charge in [-0.15, -0.1) is 0 Å². The lowest BCUT2D eigenvalue weighted by atomic mass is 9.99. The molecule has 9 nitrogen and oxygen atoms in total. The van der Waals surface area contributed by atoms with E-state index in [4.69, 9.17) is 9.47 Å². The van der Waals surface area contributed by atoms with Crippen LogP contribution >= 0.6 is 0 Å². The lowest BCUT2D eigenvalue weighted by Gasteiger charge is -2.40. The van der Waals surface area contributed by atoms with E-state index in [1.165, 1.54) is 257 Å². The number of unbranched alkanes of at least 4 members (excludes halogenated alkanes) is 44. The van der Waals surface area contributed by atoms with Crippen molar-refractivity contribution < 1.29 is 39.8 Å². The fraction of sp³-hybridized carbons (Fsp3) is 0.875. The highest BCUT2D eigenvalue weighted by Gasteiger charge is 2.44. The molecule has 0 radical (unpaired) electrons. The molecule has 9 heteroatoms. The van der Waals surface area contributed by atoms with Crippen LogP contribution in [-0.2, 0) is 14.3 Å². The van der Waals surface area contributed by atoms with Crippen LogP contribution in [0.4, 0.5) is 0 Å². The highest BCUT2D eigenvalue weighted by molar-refractivity contribution is 5.76. The highest BCUT2D eigenvalue weighted by atomic mass is 16.7. The quantitative estimate of drug-likeness (QED) is 0.0261. The number of aliphatic hydroxyl groups is 5. The molecule has 0 aromatic carbocycles. The van der Waals surface area contributed by atoms with Crippen molar-refractivity contribution in [2.75, 3.05) is 13.2 Å². The van der Waals surface area contributed by atoms with Crippen molar-refractivity contribution in [2.24, 2.45) is 0 Å². The molecular formula is C72H135NO8. The van der Waals surface area contributed by atoms with Crippen LogP contribution in [0.5, 0.6) is 0 Å². The maximum atomic E-state index is 13.1. The van der Waals surface area contributed by atoms with Crippen molar-refractivity contribution >= 4 is 5.91 Å². The molecule has 1 heterocycles. The third kappa shape index (κ3) is 50.1. The molecule has 7 atom stereocenters. The smallest absolute Gasteiger partial charge is 0.220 e. The standard InChI is InChI=1S/C72H135NO8/c1-3-5-7-9-11-13-15-17-19-21-23-25-26-27-28-29-30-31-32-33-34-35-36-37-38-39-40-42-44-46-48-50-52-54-56-58-60-62-68(76)73-65(64-80-72-71(79)70(78)69(77)67(63-74)81-72)66(75)61-59-57-55-53-51-49-47-45-43-41-24-22-20-18-16-14-12-10-8-6-4-2/h5,7,11,13,17,19,23,25,65-67,69-72,74-75,77-79H,3-4,6,8-10,12,14-16,18,20-22,24,26-64H2,1-2H3,(H,73,76)/b7-5-,13-11-,19-17-,25-23-. The largest absolute Gasteiger partial charge is 0.394 e. The van der Waals surface area contributed by atoms with Gasteiger partial charge in [-0.1, -0.05) is 339 Å². The summed E-state index contributed by atoms with van der Waals surface area (Å²) < 4.78 is 11.4. The minimum atomic E-state index is -1.55. The second-order valence-corrected chi connectivity index (χ2v) is 24.7. The van der Waals surface area contributed by atoms with Crippen LogP contribution in [0, 0.1) is 0 Å². The van der Waals surface area contributed by atoms with E-state index in [0.29, 0.717) is 12.8 Å². The van der Waals surface area contributed by atoms with Crippen molar-refractivity contribution in [2.45, 2.75) is 391 Å². The molecule has 476 valence electrons. The summed E-state index contributed by atoms with van der Waals surface area (Å²) in [6, 6.07) is -0.718. The maximum Gasteiger partial charge on any atom is 0.220 e. The Morgan fingerprint density at radius 3 is 1.14 bits per heavy atom. The first kappa shape index (κ1) is 77.2. The van der Waals surface area contributed by atoms with E-state index in [-0.39, 0.29) is 12.5 Å². The molecule has 0 spiro atoms. The normalized spacial score (nSPS) is 18.6. The Labute approximate surface area is 501 Å². The predicted molar refractivity (Wildman–Crippen MR) is 346 cm³/mol. The van der Waals surface area contributed by atoms with Gasteiger partial charge in [0.05, 0.1) is 25.4 Å². The average Bonchev–Trinajstić information content (AvgIpc) is 3.49. The van der Waals surface area contributed by atoms with E-state index in [9.17, 15) is 30.3 Å². The molecule has 1 saturated heterocycles. The van der Waals surface area contributed by atoms with Gasteiger partial charge in [-0.25, -0.2) is 0 Å². The number of hydrogen-bond donors (Lipinski definition) is 6. The molecule has 7 unspecified atom stereocenters. The first-order valence-corrected chi connectivity index (χ1v) is 35.3. The second kappa shape index (κ2) is 61.2. The van der Waals surface area contributed by atoms with Gasteiger partial charge in [0.2, 0.25) is 5.91 Å². The molecule has 1 amide bonds. The van der Waals surface area contributed by atoms with Crippen molar-refractivity contribution in [3.05, 3.63) is 48.6 Å². The summed E-state index contributed by atoms with van der Waals surface area (Å²) in [6.45, 7) is 3.77. The summed E-state index contributed by atoms with van der Waals surface area (Å²) >= 11 is 0. The van der Waals surface area contributed by atoms with Gasteiger partial charge in [0.25, 0.3) is 0 Å². The van der Waals surface area contributed by atoms with Crippen molar-refractivity contribution in [3.8, 4) is 0 Å². The van der Waals surface area contributed by atoms with Crippen LogP contribution in [0.25, 0.3) is 0 Å². The first-order chi connectivity index (χ1) is 39.8. The van der Waals surface area contributed by atoms with Gasteiger partial charge in [-0.05, 0) is 51.4 Å². The summed E-state index contributed by atoms with van der Waals surface area (Å²) in [7, 11) is 0. The number of nitrogens with one attached hydrogen (secondary N) is 1. The molecule has 6 N–H and O–H groups in total. The minimum absolute atomic E-state index is 0.134. The Balaban J connectivity index is 2.06. The lowest BCUT2D eigenvalue weighted by Crippen LogP contribution is -2.60. The van der Waals surface area contributed by atoms with Gasteiger partial charge in [-0.2, -0.15) is 0 Å². The molecular weight excluding hydrogens is 1010 g/mol. The topological polar surface area (TPSA) is 149 Å². The zero-order chi connectivity index (χ0) is 58.6. The highest BCUT2D eigenvalue weighted by Crippen LogP contribution is 2.24. The number of carbonyl (C=O) groups is 1. The number of allylic oxidation sites excluding steroid dienone is 8. The van der Waals surface area contributed by atoms with Crippen molar-refractivity contribution in [1.29, 1.82) is 0 Å². The second-order valence-electron chi connectivity index (χ2n) is 24.7. The zero-order valence-corrected chi connectivity index (χ0v) is 53.3. The Kier molecular flexibility index (Phi) is 58.3. The van der Waals surface area contributed by atoms with E-state index >= 15 is 0 Å². The fourth-order valence-electron chi connectivity index (χ4n) is 11.5. The monoisotopic (exact) mass is 1140 g/mol. The van der Waals surface area contributed by atoms with E-state index < -0.39 is 49.5 Å². The molecule has 1 aliphatic heterocycles. The SMILES string of the molecule is CC/C=C\C/C=C\C/C=C\C/C=C\CCCCCCCCCCCCCCCCCCCCCCCCCCC(=O)NC(COC1OC(CO)C(O)C(O)C1O)C(O)CCCCCCCCCCCCCCCCCCCCCCC. The van der Waals surface area contributed by atoms with Gasteiger partial charge in [-0.3, -0.25) is 4.79 Å². The number of amides is 1. The third-order valence-corrected chi connectivity index (χ3v) is 16.9. The number of carbonyl (C=O) groups excluding carboxylic acids is 1. The number of rotatable bonds is 62. The zero-order valence-electron chi connectivity index (χ0n) is 53.3. The first-order valence-electron chi connectivity index (χ1n) is 35.3. The Morgan fingerprint density at radius 2 is 0.765 bits per heavy atom. The summed E-state index contributed by atoms with van der Waals surface area (Å²) in [5.74, 6) is -0.137. The van der Waals surface area contributed by atoms with Crippen LogP contribution in [0.1, 0.15) is 348 Å². The molecule has 1 aliphatic rings. The number of hydrogen-bond acceptors (Lipinski definition) is 8. The van der Waals surface area contributed by atoms with E-state index in [1.54, 1.807) is 0 Å². The van der Waals surface area contributed by atoms with Gasteiger partial charge in [0.1, 0.15) is 24.4 Å². The third-order valence-electron chi connectivity index (χ3n) is 16.9. The van der Waals surface area contributed by atoms with Gasteiger partial charge >= 0.3 is 0 Å². The summed E-state index contributed by atoms with van der Waals surface area (Å²) in [5.41, 5.74) is 0. The van der Waals surface area contributed by atoms with Crippen molar-refractivity contribution in [3.63, 3.8) is 0 Å². The Hall–Kier alpha value is -1.85. The van der Waals surface area contributed by atoms with Crippen LogP contribution in [0.2, 0.25) is 0 Å². The minimum Gasteiger partial charge on any atom is -0.394 e. The average molecular weight is 1140 g/mol. The van der Waals surface area contributed by atoms with E-state index in [2.05, 4.69) is 67.8 Å². The molecule has 0 aromatic rings. The summed E-state index contributed by atoms with van der Waals surface area (Å²) in [5, 5.41) is 54.9. The summed E-state index contributed by atoms with van der Waals surface area (Å²) in [6.07, 6.45) is 76.1. The van der Waals surface area contributed by atoms with E-state index in [0.717, 1.165) is 64.2 Å². The molecule has 81 heavy (non-hydrogen) atoms. The maximum absolute atomic E-state index is 13.1. The van der Waals surface area contributed by atoms with Crippen LogP contribution < -0.4 is 5.32 Å². The van der Waals surface area contributed by atoms with Crippen molar-refractivity contribution in [1.82, 2.24) is 5.32 Å². The fourth-order valence-corrected chi connectivity index (χ4v) is 11.5. The van der Waals surface area contributed by atoms with Gasteiger partial charge in [0, 0.05) is 6.42 Å². The molecule has 0 bridgehead atoms. The van der Waals surface area contributed by atoms with E-state index in [1.807, 2.05) is 0 Å². The predicted octanol–water partition coefficient (Wildman–Crippen LogP) is 19.2. The van der Waals surface area contributed by atoms with Crippen LogP contribution in [0.15, 0.2) is 48.6 Å². The number of aliphatic hydroxyl groups excluding tert-OH is 5. The molecule has 1 rings (SSSR count). The molecule has 0 saturated carbocycles. The van der Waals surface area contributed by atoms with Crippen LogP contribution in [0.3, 0.4) is 0 Å². The van der Waals surface area contributed by atoms with Crippen LogP contribution in [-0.4, -0.2) is 87.5 Å². The molecule has 0 aliphatic carbocycles. The molecule has 1 fully saturated rings. The summed E-state index contributed by atoms with van der Waals surface area (Å²) in [4.78, 5) is 13.1. The Bertz CT molecular complexity index is 1420. The molecule has 0 aromatic heterocycles. The lowest BCUT2D eigenvalue weighted by molar-refractivity contribution is -0.302. The van der Waals surface area contributed by atoms with Gasteiger partial charge in [0.15, 0.2) is 6.29 Å². The Morgan fingerprint density at radius 1 is 0.432 bits per heavy atom.